The Morgan fingerprint density at radius 2 is 1.63 bits per heavy atom. The number of nitrogens with two attached hydrogens (primary N) is 1. The van der Waals surface area contributed by atoms with Gasteiger partial charge in [0.2, 0.25) is 0 Å². The average Bonchev–Trinajstić information content (AvgIpc) is 3.38. The highest BCUT2D eigenvalue weighted by molar-refractivity contribution is 6.84. The van der Waals surface area contributed by atoms with Crippen molar-refractivity contribution in [1.29, 1.82) is 0 Å². The van der Waals surface area contributed by atoms with Crippen molar-refractivity contribution >= 4 is 34.1 Å². The minimum absolute atomic E-state index is 0.00888. The lowest BCUT2D eigenvalue weighted by Crippen LogP contribution is -2.68. The molecule has 0 radical (unpaired) electrons. The van der Waals surface area contributed by atoms with Crippen LogP contribution in [0.3, 0.4) is 0 Å². The van der Waals surface area contributed by atoms with Gasteiger partial charge in [-0.3, -0.25) is 4.57 Å². The maximum absolute atomic E-state index is 12.3. The molecule has 5 atom stereocenters. The van der Waals surface area contributed by atoms with Crippen molar-refractivity contribution in [3.63, 3.8) is 0 Å². The van der Waals surface area contributed by atoms with Crippen LogP contribution in [0.2, 0.25) is 22.2 Å². The van der Waals surface area contributed by atoms with Crippen LogP contribution in [0.1, 0.15) is 61.6 Å². The molecule has 0 amide bonds. The molecule has 0 aromatic carbocycles. The van der Waals surface area contributed by atoms with Crippen LogP contribution in [0.25, 0.3) is 11.2 Å². The van der Waals surface area contributed by atoms with Gasteiger partial charge >= 0.3 is 17.1 Å². The van der Waals surface area contributed by atoms with E-state index in [4.69, 9.17) is 23.4 Å². The van der Waals surface area contributed by atoms with Crippen LogP contribution in [0.4, 0.5) is 5.82 Å². The zero-order valence-corrected chi connectivity index (χ0v) is 25.5. The normalized spacial score (nSPS) is 30.2. The van der Waals surface area contributed by atoms with E-state index in [0.29, 0.717) is 11.2 Å². The Labute approximate surface area is 226 Å². The van der Waals surface area contributed by atoms with Gasteiger partial charge in [-0.05, 0) is 22.2 Å². The van der Waals surface area contributed by atoms with Crippen LogP contribution < -0.4 is 5.73 Å². The van der Waals surface area contributed by atoms with E-state index in [0.717, 1.165) is 0 Å². The molecule has 12 nitrogen and oxygen atoms in total. The van der Waals surface area contributed by atoms with Gasteiger partial charge in [0.15, 0.2) is 23.3 Å². The van der Waals surface area contributed by atoms with Crippen LogP contribution in [0.5, 0.6) is 0 Å². The third kappa shape index (κ3) is 4.34. The molecule has 2 saturated heterocycles. The molecule has 0 saturated carbocycles. The first-order valence-corrected chi connectivity index (χ1v) is 17.3. The molecule has 38 heavy (non-hydrogen) atoms. The van der Waals surface area contributed by atoms with Gasteiger partial charge in [-0.15, -0.1) is 0 Å². The standard InChI is InChI=1S/C24H43N5O7Si2/c1-13(2)37(14(3)4)33-10-17-20(35-38(36-37,15(5)6)16(7)8)24(32,18(31)9-30)23(34-17)29-12-28-19-21(25)26-11-27-22(19)29/h11-18,20,23,30-32H,9-10H2,1-8H3,(H2,25,26,27)/t17-,18-,20-,23-,24-/m1/s1. The Balaban J connectivity index is 1.91. The summed E-state index contributed by atoms with van der Waals surface area (Å²) < 4.78 is 29.0. The number of nitrogens with zero attached hydrogens (tertiary/aromatic N) is 4. The molecule has 214 valence electrons. The van der Waals surface area contributed by atoms with Gasteiger partial charge in [0.1, 0.15) is 30.2 Å². The van der Waals surface area contributed by atoms with E-state index in [1.807, 2.05) is 0 Å². The average molecular weight is 570 g/mol. The molecule has 2 aromatic heterocycles. The predicted octanol–water partition coefficient (Wildman–Crippen LogP) is 2.35. The van der Waals surface area contributed by atoms with E-state index < -0.39 is 53.9 Å². The number of rotatable bonds is 7. The fraction of sp³-hybridized carbons (Fsp3) is 0.792. The number of nitrogen functional groups attached to an aromatic ring is 1. The number of fused-ring (bicyclic) bond motifs is 2. The quantitative estimate of drug-likeness (QED) is 0.361. The number of ether oxygens (including phenoxy) is 1. The largest absolute Gasteiger partial charge is 0.414 e. The molecule has 5 N–H and O–H groups in total. The second-order valence-electron chi connectivity index (χ2n) is 11.7. The van der Waals surface area contributed by atoms with Crippen molar-refractivity contribution in [1.82, 2.24) is 19.5 Å². The summed E-state index contributed by atoms with van der Waals surface area (Å²) in [6.07, 6.45) is -1.91. The van der Waals surface area contributed by atoms with Gasteiger partial charge < -0.3 is 38.8 Å². The SMILES string of the molecule is CC(C)[Si]1(C(C)C)OC[C@H]2O[C@@H](n3cnc4c(N)ncnc43)[C@@](O)([C@H](O)CO)[C@@H]2O[Si](C(C)C)(C(C)C)O1. The number of aliphatic hydroxyl groups is 3. The second kappa shape index (κ2) is 10.5. The molecule has 14 heteroatoms. The summed E-state index contributed by atoms with van der Waals surface area (Å²) >= 11 is 0. The molecule has 2 aromatic rings. The molecule has 2 fully saturated rings. The van der Waals surface area contributed by atoms with Crippen molar-refractivity contribution in [3.05, 3.63) is 12.7 Å². The molecule has 0 unspecified atom stereocenters. The van der Waals surface area contributed by atoms with Gasteiger partial charge in [0.25, 0.3) is 0 Å². The number of hydrogen-bond acceptors (Lipinski definition) is 11. The van der Waals surface area contributed by atoms with E-state index in [9.17, 15) is 15.3 Å². The van der Waals surface area contributed by atoms with Gasteiger partial charge in [0.05, 0.1) is 19.5 Å². The van der Waals surface area contributed by atoms with Crippen LogP contribution in [-0.4, -0.2) is 89.1 Å². The summed E-state index contributed by atoms with van der Waals surface area (Å²) in [7, 11) is -6.01. The number of aromatic nitrogens is 4. The predicted molar refractivity (Wildman–Crippen MR) is 145 cm³/mol. The summed E-state index contributed by atoms with van der Waals surface area (Å²) in [6.45, 7) is 16.1. The second-order valence-corrected chi connectivity index (χ2v) is 20.6. The van der Waals surface area contributed by atoms with E-state index >= 15 is 0 Å². The minimum Gasteiger partial charge on any atom is -0.414 e. The van der Waals surface area contributed by atoms with Crippen molar-refractivity contribution in [2.24, 2.45) is 0 Å². The van der Waals surface area contributed by atoms with E-state index in [2.05, 4.69) is 70.3 Å². The number of imidazole rings is 1. The minimum atomic E-state index is -3.16. The monoisotopic (exact) mass is 569 g/mol. The molecule has 0 bridgehead atoms. The fourth-order valence-corrected chi connectivity index (χ4v) is 17.3. The summed E-state index contributed by atoms with van der Waals surface area (Å²) in [5.74, 6) is 0.174. The molecule has 4 rings (SSSR count). The first kappa shape index (κ1) is 29.5. The van der Waals surface area contributed by atoms with E-state index in [1.54, 1.807) is 0 Å². The molecular weight excluding hydrogens is 526 g/mol. The van der Waals surface area contributed by atoms with Gasteiger partial charge in [-0.25, -0.2) is 15.0 Å². The summed E-state index contributed by atoms with van der Waals surface area (Å²) in [5.41, 5.74) is 4.81. The van der Waals surface area contributed by atoms with Crippen LogP contribution >= 0.6 is 0 Å². The highest BCUT2D eigenvalue weighted by Crippen LogP contribution is 2.51. The molecule has 0 spiro atoms. The summed E-state index contributed by atoms with van der Waals surface area (Å²) in [5, 5.41) is 33.5. The molecule has 4 heterocycles. The number of anilines is 1. The summed E-state index contributed by atoms with van der Waals surface area (Å²) in [4.78, 5) is 12.6. The number of aliphatic hydroxyl groups excluding tert-OH is 2. The zero-order valence-electron chi connectivity index (χ0n) is 23.5. The molecule has 0 aliphatic carbocycles. The van der Waals surface area contributed by atoms with Crippen LogP contribution in [0.15, 0.2) is 12.7 Å². The fourth-order valence-electron chi connectivity index (χ4n) is 6.04. The lowest BCUT2D eigenvalue weighted by molar-refractivity contribution is -0.178. The van der Waals surface area contributed by atoms with Gasteiger partial charge in [0, 0.05) is 0 Å². The van der Waals surface area contributed by atoms with Crippen molar-refractivity contribution in [2.45, 2.75) is 108 Å². The third-order valence-electron chi connectivity index (χ3n) is 8.16. The Morgan fingerprint density at radius 1 is 1.03 bits per heavy atom. The van der Waals surface area contributed by atoms with Crippen molar-refractivity contribution in [3.8, 4) is 0 Å². The maximum Gasteiger partial charge on any atom is 0.335 e. The lowest BCUT2D eigenvalue weighted by atomic mass is 9.88. The molecule has 2 aliphatic rings. The Morgan fingerprint density at radius 3 is 2.18 bits per heavy atom. The van der Waals surface area contributed by atoms with E-state index in [1.165, 1.54) is 17.2 Å². The van der Waals surface area contributed by atoms with Crippen molar-refractivity contribution in [2.75, 3.05) is 18.9 Å². The smallest absolute Gasteiger partial charge is 0.335 e. The number of hydrogen-bond donors (Lipinski definition) is 4. The summed E-state index contributed by atoms with van der Waals surface area (Å²) in [6, 6.07) is 0. The highest BCUT2D eigenvalue weighted by Gasteiger charge is 2.67. The Hall–Kier alpha value is -1.50. The van der Waals surface area contributed by atoms with Gasteiger partial charge in [-0.1, -0.05) is 55.4 Å². The zero-order chi connectivity index (χ0) is 28.2. The van der Waals surface area contributed by atoms with Crippen molar-refractivity contribution < 1.29 is 33.0 Å². The molecular formula is C24H43N5O7Si2. The highest BCUT2D eigenvalue weighted by atomic mass is 28.5. The van der Waals surface area contributed by atoms with Gasteiger partial charge in [-0.2, -0.15) is 0 Å². The topological polar surface area (TPSA) is 167 Å². The molecule has 2 aliphatic heterocycles. The van der Waals surface area contributed by atoms with E-state index in [-0.39, 0.29) is 34.6 Å². The lowest BCUT2D eigenvalue weighted by Gasteiger charge is -2.52. The van der Waals surface area contributed by atoms with Crippen LogP contribution in [-0.2, 0) is 17.7 Å². The first-order valence-electron chi connectivity index (χ1n) is 13.4. The Bertz CT molecular complexity index is 1120. The Kier molecular flexibility index (Phi) is 8.13. The maximum atomic E-state index is 12.3. The third-order valence-corrected chi connectivity index (χ3v) is 18.4. The first-order chi connectivity index (χ1) is 17.8. The van der Waals surface area contributed by atoms with Crippen LogP contribution in [0, 0.1) is 0 Å².